The number of nitrogens with one attached hydrogen (secondary N) is 1. The maximum Gasteiger partial charge on any atom is 0.314 e. The van der Waals surface area contributed by atoms with Crippen molar-refractivity contribution in [2.75, 3.05) is 11.9 Å². The molecular weight excluding hydrogens is 246 g/mol. The Kier molecular flexibility index (Phi) is 3.74. The van der Waals surface area contributed by atoms with E-state index < -0.39 is 4.92 Å². The minimum Gasteiger partial charge on any atom is -0.364 e. The lowest BCUT2D eigenvalue weighted by molar-refractivity contribution is -0.384. The molecule has 2 rings (SSSR count). The minimum atomic E-state index is -0.408. The number of aryl methyl sites for hydroxylation is 2. The van der Waals surface area contributed by atoms with E-state index in [2.05, 4.69) is 15.4 Å². The molecule has 19 heavy (non-hydrogen) atoms. The van der Waals surface area contributed by atoms with Crippen molar-refractivity contribution < 1.29 is 4.92 Å². The molecule has 100 valence electrons. The van der Waals surface area contributed by atoms with Gasteiger partial charge in [0.15, 0.2) is 0 Å². The van der Waals surface area contributed by atoms with Gasteiger partial charge in [-0.15, -0.1) is 0 Å². The molecule has 0 radical (unpaired) electrons. The van der Waals surface area contributed by atoms with Crippen LogP contribution in [0.5, 0.6) is 0 Å². The first kappa shape index (κ1) is 13.0. The molecule has 0 aromatic carbocycles. The molecule has 0 aliphatic rings. The Morgan fingerprint density at radius 2 is 2.21 bits per heavy atom. The zero-order chi connectivity index (χ0) is 13.8. The second-order valence-electron chi connectivity index (χ2n) is 4.21. The molecule has 0 spiro atoms. The first-order chi connectivity index (χ1) is 9.09. The van der Waals surface area contributed by atoms with Gasteiger partial charge in [0.2, 0.25) is 5.82 Å². The first-order valence-electron chi connectivity index (χ1n) is 5.90. The van der Waals surface area contributed by atoms with Gasteiger partial charge in [-0.05, 0) is 19.1 Å². The Labute approximate surface area is 110 Å². The second kappa shape index (κ2) is 5.47. The van der Waals surface area contributed by atoms with Crippen molar-refractivity contribution in [3.05, 3.63) is 45.9 Å². The molecular formula is C12H15N5O2. The molecule has 0 bridgehead atoms. The average molecular weight is 261 g/mol. The second-order valence-corrected chi connectivity index (χ2v) is 4.21. The van der Waals surface area contributed by atoms with Crippen LogP contribution in [0.2, 0.25) is 0 Å². The summed E-state index contributed by atoms with van der Waals surface area (Å²) in [5.41, 5.74) is 1.69. The Hall–Kier alpha value is -2.44. The van der Waals surface area contributed by atoms with Crippen molar-refractivity contribution in [1.29, 1.82) is 0 Å². The standard InChI is InChI=1S/C12H15N5O2/c1-9-3-6-13-12(11(9)17(18)19)14-7-4-10-5-8-15-16(10)2/h3,5-6,8H,4,7H2,1-2H3,(H,13,14). The molecule has 2 aromatic rings. The van der Waals surface area contributed by atoms with Crippen LogP contribution < -0.4 is 5.32 Å². The summed E-state index contributed by atoms with van der Waals surface area (Å²) in [6, 6.07) is 3.55. The highest BCUT2D eigenvalue weighted by atomic mass is 16.6. The maximum absolute atomic E-state index is 11.0. The maximum atomic E-state index is 11.0. The summed E-state index contributed by atoms with van der Waals surface area (Å²) in [6.45, 7) is 2.27. The fourth-order valence-corrected chi connectivity index (χ4v) is 1.87. The number of aromatic nitrogens is 3. The molecule has 7 nitrogen and oxygen atoms in total. The van der Waals surface area contributed by atoms with E-state index >= 15 is 0 Å². The lowest BCUT2D eigenvalue weighted by Crippen LogP contribution is -2.11. The molecule has 0 saturated heterocycles. The summed E-state index contributed by atoms with van der Waals surface area (Å²) in [5, 5.41) is 18.1. The van der Waals surface area contributed by atoms with E-state index in [9.17, 15) is 10.1 Å². The molecule has 0 saturated carbocycles. The van der Waals surface area contributed by atoms with Gasteiger partial charge in [-0.25, -0.2) is 4.98 Å². The van der Waals surface area contributed by atoms with Crippen LogP contribution in [0.25, 0.3) is 0 Å². The van der Waals surface area contributed by atoms with Gasteiger partial charge in [-0.2, -0.15) is 5.10 Å². The smallest absolute Gasteiger partial charge is 0.314 e. The quantitative estimate of drug-likeness (QED) is 0.653. The van der Waals surface area contributed by atoms with Crippen molar-refractivity contribution in [2.45, 2.75) is 13.3 Å². The highest BCUT2D eigenvalue weighted by Crippen LogP contribution is 2.25. The summed E-state index contributed by atoms with van der Waals surface area (Å²) in [6.07, 6.45) is 4.01. The lowest BCUT2D eigenvalue weighted by Gasteiger charge is -2.07. The average Bonchev–Trinajstić information content (AvgIpc) is 2.75. The van der Waals surface area contributed by atoms with Gasteiger partial charge in [0.1, 0.15) is 0 Å². The van der Waals surface area contributed by atoms with Gasteiger partial charge in [-0.1, -0.05) is 0 Å². The molecule has 0 atom stereocenters. The molecule has 0 aliphatic carbocycles. The number of hydrogen-bond donors (Lipinski definition) is 1. The minimum absolute atomic E-state index is 0.0347. The largest absolute Gasteiger partial charge is 0.364 e. The van der Waals surface area contributed by atoms with Gasteiger partial charge < -0.3 is 5.32 Å². The topological polar surface area (TPSA) is 85.9 Å². The summed E-state index contributed by atoms with van der Waals surface area (Å²) < 4.78 is 1.78. The van der Waals surface area contributed by atoms with Gasteiger partial charge in [0.05, 0.1) is 4.92 Å². The van der Waals surface area contributed by atoms with Crippen LogP contribution in [0.4, 0.5) is 11.5 Å². The van der Waals surface area contributed by atoms with E-state index in [4.69, 9.17) is 0 Å². The van der Waals surface area contributed by atoms with E-state index in [1.807, 2.05) is 13.1 Å². The Balaban J connectivity index is 2.06. The predicted octanol–water partition coefficient (Wildman–Crippen LogP) is 1.69. The third-order valence-electron chi connectivity index (χ3n) is 2.90. The third kappa shape index (κ3) is 2.87. The van der Waals surface area contributed by atoms with E-state index in [0.29, 0.717) is 17.9 Å². The molecule has 2 heterocycles. The van der Waals surface area contributed by atoms with Crippen molar-refractivity contribution in [3.63, 3.8) is 0 Å². The normalized spacial score (nSPS) is 10.4. The van der Waals surface area contributed by atoms with Crippen LogP contribution in [-0.4, -0.2) is 26.2 Å². The molecule has 2 aromatic heterocycles. The van der Waals surface area contributed by atoms with E-state index in [1.165, 1.54) is 0 Å². The molecule has 1 N–H and O–H groups in total. The molecule has 0 amide bonds. The van der Waals surface area contributed by atoms with Gasteiger partial charge in [0.25, 0.3) is 0 Å². The number of nitrogens with zero attached hydrogens (tertiary/aromatic N) is 4. The first-order valence-corrected chi connectivity index (χ1v) is 5.90. The van der Waals surface area contributed by atoms with Crippen molar-refractivity contribution in [3.8, 4) is 0 Å². The number of nitro groups is 1. The number of rotatable bonds is 5. The monoisotopic (exact) mass is 261 g/mol. The lowest BCUT2D eigenvalue weighted by atomic mass is 10.2. The SMILES string of the molecule is Cc1ccnc(NCCc2ccnn2C)c1[N+](=O)[O-]. The molecule has 7 heteroatoms. The fourth-order valence-electron chi connectivity index (χ4n) is 1.87. The molecule has 0 aliphatic heterocycles. The van der Waals surface area contributed by atoms with E-state index in [1.54, 1.807) is 30.1 Å². The molecule has 0 unspecified atom stereocenters. The summed E-state index contributed by atoms with van der Waals surface area (Å²) in [5.74, 6) is 0.312. The van der Waals surface area contributed by atoms with Crippen LogP contribution in [0, 0.1) is 17.0 Å². The van der Waals surface area contributed by atoms with Crippen LogP contribution in [0.3, 0.4) is 0 Å². The van der Waals surface area contributed by atoms with Crippen molar-refractivity contribution in [2.24, 2.45) is 7.05 Å². The number of pyridine rings is 1. The Morgan fingerprint density at radius 3 is 2.84 bits per heavy atom. The fraction of sp³-hybridized carbons (Fsp3) is 0.333. The summed E-state index contributed by atoms with van der Waals surface area (Å²) in [7, 11) is 1.86. The van der Waals surface area contributed by atoms with Gasteiger partial charge >= 0.3 is 5.69 Å². The van der Waals surface area contributed by atoms with E-state index in [-0.39, 0.29) is 5.69 Å². The summed E-state index contributed by atoms with van der Waals surface area (Å²) in [4.78, 5) is 14.6. The highest BCUT2D eigenvalue weighted by Gasteiger charge is 2.17. The summed E-state index contributed by atoms with van der Waals surface area (Å²) >= 11 is 0. The Bertz CT molecular complexity index is 594. The van der Waals surface area contributed by atoms with Crippen LogP contribution >= 0.6 is 0 Å². The number of anilines is 1. The van der Waals surface area contributed by atoms with Gasteiger partial charge in [-0.3, -0.25) is 14.8 Å². The van der Waals surface area contributed by atoms with Crippen molar-refractivity contribution >= 4 is 11.5 Å². The van der Waals surface area contributed by atoms with Crippen LogP contribution in [0.1, 0.15) is 11.3 Å². The predicted molar refractivity (Wildman–Crippen MR) is 71.0 cm³/mol. The van der Waals surface area contributed by atoms with Crippen LogP contribution in [-0.2, 0) is 13.5 Å². The third-order valence-corrected chi connectivity index (χ3v) is 2.90. The highest BCUT2D eigenvalue weighted by molar-refractivity contribution is 5.59. The number of hydrogen-bond acceptors (Lipinski definition) is 5. The van der Waals surface area contributed by atoms with Crippen LogP contribution in [0.15, 0.2) is 24.5 Å². The Morgan fingerprint density at radius 1 is 1.42 bits per heavy atom. The van der Waals surface area contributed by atoms with Crippen molar-refractivity contribution in [1.82, 2.24) is 14.8 Å². The van der Waals surface area contributed by atoms with Gasteiger partial charge in [0, 0.05) is 43.7 Å². The zero-order valence-electron chi connectivity index (χ0n) is 10.8. The van der Waals surface area contributed by atoms with E-state index in [0.717, 1.165) is 12.1 Å². The molecule has 0 fully saturated rings. The zero-order valence-corrected chi connectivity index (χ0v) is 10.8.